The van der Waals surface area contributed by atoms with Gasteiger partial charge in [0.2, 0.25) is 0 Å². The Morgan fingerprint density at radius 2 is 0.587 bits per heavy atom. The SMILES string of the molecule is N#Cc1ccc(-c2ccc(-c3nc(-c4ccccc4)nc(-c4ccc(-c5ccc(C#N)cc5)c(-n5c6ccccc6c6c5ccc5c7ccccc7n(-c7ccccc7)c56)c4)n3)cc2-n2c3ccccc3c3c2ccc2c4ccccc4n(-c4ccccc4)c23)cc1. The second-order valence-corrected chi connectivity index (χ2v) is 23.3. The Kier molecular flexibility index (Phi) is 11.8. The van der Waals surface area contributed by atoms with E-state index in [0.29, 0.717) is 28.6 Å². The molecule has 0 saturated heterocycles. The van der Waals surface area contributed by atoms with Gasteiger partial charge in [0, 0.05) is 82.3 Å². The van der Waals surface area contributed by atoms with Crippen LogP contribution in [0.1, 0.15) is 11.1 Å². The lowest BCUT2D eigenvalue weighted by Gasteiger charge is -2.17. The van der Waals surface area contributed by atoms with E-state index in [1.54, 1.807) is 0 Å². The molecule has 0 atom stereocenters. The molecule has 92 heavy (non-hydrogen) atoms. The van der Waals surface area contributed by atoms with Crippen molar-refractivity contribution >= 4 is 87.2 Å². The Balaban J connectivity index is 0.891. The lowest BCUT2D eigenvalue weighted by molar-refractivity contribution is 1.07. The molecule has 18 rings (SSSR count). The van der Waals surface area contributed by atoms with Crippen LogP contribution in [0.15, 0.2) is 297 Å². The van der Waals surface area contributed by atoms with Crippen LogP contribution in [0.25, 0.3) is 166 Å². The first-order valence-electron chi connectivity index (χ1n) is 30.7. The molecule has 426 valence electrons. The van der Waals surface area contributed by atoms with E-state index < -0.39 is 0 Å². The van der Waals surface area contributed by atoms with E-state index in [9.17, 15) is 10.5 Å². The highest BCUT2D eigenvalue weighted by Crippen LogP contribution is 2.47. The van der Waals surface area contributed by atoms with Gasteiger partial charge in [-0.05, 0) is 108 Å². The van der Waals surface area contributed by atoms with Crippen molar-refractivity contribution < 1.29 is 0 Å². The maximum Gasteiger partial charge on any atom is 0.164 e. The van der Waals surface area contributed by atoms with E-state index in [0.717, 1.165) is 127 Å². The summed E-state index contributed by atoms with van der Waals surface area (Å²) in [5.41, 5.74) is 20.1. The molecule has 0 bridgehead atoms. The lowest BCUT2D eigenvalue weighted by Crippen LogP contribution is -2.03. The van der Waals surface area contributed by atoms with E-state index in [-0.39, 0.29) is 0 Å². The Morgan fingerprint density at radius 1 is 0.250 bits per heavy atom. The van der Waals surface area contributed by atoms with Gasteiger partial charge in [-0.25, -0.2) is 15.0 Å². The standard InChI is InChI=1S/C83H49N9/c84-50-52-32-36-54(37-33-52)61-42-40-57(48-75(61)91-71-30-16-12-26-67(71)77-73(91)46-44-65-63-24-10-14-28-69(63)89(79(65)77)59-20-6-2-7-21-59)82-86-81(56-18-4-1-5-19-56)87-83(88-82)58-41-43-62(55-38-34-53(51-85)35-39-55)76(49-58)92-72-31-17-13-27-68(72)78-74(92)47-45-66-64-25-11-15-29-70(64)90(80(66)78)60-22-8-3-9-23-60/h1-49H. The predicted molar refractivity (Wildman–Crippen MR) is 374 cm³/mol. The summed E-state index contributed by atoms with van der Waals surface area (Å²) in [5, 5.41) is 29.2. The molecular weight excluding hydrogens is 1120 g/mol. The zero-order chi connectivity index (χ0) is 61.0. The van der Waals surface area contributed by atoms with Gasteiger partial charge >= 0.3 is 0 Å². The zero-order valence-corrected chi connectivity index (χ0v) is 49.3. The van der Waals surface area contributed by atoms with Gasteiger partial charge in [-0.3, -0.25) is 0 Å². The van der Waals surface area contributed by atoms with Gasteiger partial charge in [-0.2, -0.15) is 10.5 Å². The Labute approximate surface area is 527 Å². The third kappa shape index (κ3) is 8.07. The summed E-state index contributed by atoms with van der Waals surface area (Å²) in [7, 11) is 0. The fourth-order valence-electron chi connectivity index (χ4n) is 14.2. The highest BCUT2D eigenvalue weighted by molar-refractivity contribution is 6.28. The maximum absolute atomic E-state index is 10.0. The topological polar surface area (TPSA) is 106 Å². The number of rotatable bonds is 9. The monoisotopic (exact) mass is 1170 g/mol. The molecule has 0 fully saturated rings. The minimum absolute atomic E-state index is 0.500. The maximum atomic E-state index is 10.0. The average Bonchev–Trinajstić information content (AvgIpc) is 1.56. The Hall–Kier alpha value is -13.0. The van der Waals surface area contributed by atoms with Crippen LogP contribution >= 0.6 is 0 Å². The summed E-state index contributed by atoms with van der Waals surface area (Å²) in [4.78, 5) is 16.3. The molecule has 0 N–H and O–H groups in total. The van der Waals surface area contributed by atoms with Crippen molar-refractivity contribution in [2.75, 3.05) is 0 Å². The molecule has 18 aromatic rings. The first kappa shape index (κ1) is 52.2. The van der Waals surface area contributed by atoms with Crippen LogP contribution in [0, 0.1) is 22.7 Å². The van der Waals surface area contributed by atoms with Gasteiger partial charge in [-0.1, -0.05) is 200 Å². The van der Waals surface area contributed by atoms with E-state index in [4.69, 9.17) is 15.0 Å². The largest absolute Gasteiger partial charge is 0.309 e. The second kappa shape index (κ2) is 20.9. The molecule has 0 saturated carbocycles. The third-order valence-corrected chi connectivity index (χ3v) is 18.3. The van der Waals surface area contributed by atoms with Gasteiger partial charge < -0.3 is 18.3 Å². The van der Waals surface area contributed by atoms with Crippen LogP contribution in [-0.4, -0.2) is 33.2 Å². The van der Waals surface area contributed by atoms with Crippen molar-refractivity contribution in [3.63, 3.8) is 0 Å². The summed E-state index contributed by atoms with van der Waals surface area (Å²) >= 11 is 0. The summed E-state index contributed by atoms with van der Waals surface area (Å²) in [6.45, 7) is 0. The number of benzene rings is 13. The number of hydrogen-bond acceptors (Lipinski definition) is 5. The van der Waals surface area contributed by atoms with Crippen molar-refractivity contribution in [1.82, 2.24) is 33.2 Å². The van der Waals surface area contributed by atoms with E-state index in [1.165, 1.54) is 21.5 Å². The fourth-order valence-corrected chi connectivity index (χ4v) is 14.2. The quantitative estimate of drug-likeness (QED) is 0.143. The molecule has 0 aliphatic rings. The van der Waals surface area contributed by atoms with E-state index in [1.807, 2.05) is 78.9 Å². The molecule has 0 amide bonds. The summed E-state index contributed by atoms with van der Waals surface area (Å²) in [6.07, 6.45) is 0. The normalized spacial score (nSPS) is 11.7. The van der Waals surface area contributed by atoms with Crippen molar-refractivity contribution in [1.29, 1.82) is 10.5 Å². The van der Waals surface area contributed by atoms with Gasteiger partial charge in [0.25, 0.3) is 0 Å². The summed E-state index contributed by atoms with van der Waals surface area (Å²) < 4.78 is 9.60. The van der Waals surface area contributed by atoms with Crippen molar-refractivity contribution in [2.24, 2.45) is 0 Å². The van der Waals surface area contributed by atoms with Crippen LogP contribution in [-0.2, 0) is 0 Å². The number of hydrogen-bond donors (Lipinski definition) is 0. The Bertz CT molecular complexity index is 5760. The molecular formula is C83H49N9. The fraction of sp³-hybridized carbons (Fsp3) is 0. The van der Waals surface area contributed by atoms with Gasteiger partial charge in [0.05, 0.1) is 78.8 Å². The lowest BCUT2D eigenvalue weighted by atomic mass is 9.99. The number of fused-ring (bicyclic) bond motifs is 14. The molecule has 0 aliphatic carbocycles. The number of aromatic nitrogens is 7. The van der Waals surface area contributed by atoms with Crippen molar-refractivity contribution in [3.8, 4) is 91.3 Å². The van der Waals surface area contributed by atoms with Crippen LogP contribution in [0.4, 0.5) is 0 Å². The first-order valence-corrected chi connectivity index (χ1v) is 30.7. The summed E-state index contributed by atoms with van der Waals surface area (Å²) in [6, 6.07) is 109. The van der Waals surface area contributed by atoms with Crippen LogP contribution in [0.3, 0.4) is 0 Å². The smallest absolute Gasteiger partial charge is 0.164 e. The number of para-hydroxylation sites is 6. The predicted octanol–water partition coefficient (Wildman–Crippen LogP) is 20.3. The molecule has 13 aromatic carbocycles. The highest BCUT2D eigenvalue weighted by atomic mass is 15.1. The number of nitrogens with zero attached hydrogens (tertiary/aromatic N) is 9. The van der Waals surface area contributed by atoms with Crippen molar-refractivity contribution in [3.05, 3.63) is 308 Å². The van der Waals surface area contributed by atoms with E-state index >= 15 is 0 Å². The van der Waals surface area contributed by atoms with Gasteiger partial charge in [0.15, 0.2) is 17.5 Å². The molecule has 0 aliphatic heterocycles. The second-order valence-electron chi connectivity index (χ2n) is 23.3. The molecule has 9 heteroatoms. The highest BCUT2D eigenvalue weighted by Gasteiger charge is 2.26. The van der Waals surface area contributed by atoms with Crippen LogP contribution in [0.5, 0.6) is 0 Å². The summed E-state index contributed by atoms with van der Waals surface area (Å²) in [5.74, 6) is 1.53. The van der Waals surface area contributed by atoms with Crippen LogP contribution < -0.4 is 0 Å². The van der Waals surface area contributed by atoms with E-state index in [2.05, 4.69) is 249 Å². The van der Waals surface area contributed by atoms with Gasteiger partial charge in [-0.15, -0.1) is 0 Å². The van der Waals surface area contributed by atoms with Crippen LogP contribution in [0.2, 0.25) is 0 Å². The minimum atomic E-state index is 0.500. The average molecular weight is 1170 g/mol. The van der Waals surface area contributed by atoms with Crippen molar-refractivity contribution in [2.45, 2.75) is 0 Å². The number of nitriles is 2. The zero-order valence-electron chi connectivity index (χ0n) is 49.3. The molecule has 0 radical (unpaired) electrons. The molecule has 5 heterocycles. The molecule has 5 aromatic heterocycles. The molecule has 0 spiro atoms. The molecule has 0 unspecified atom stereocenters. The Morgan fingerprint density at radius 3 is 0.989 bits per heavy atom. The minimum Gasteiger partial charge on any atom is -0.309 e. The van der Waals surface area contributed by atoms with Gasteiger partial charge in [0.1, 0.15) is 0 Å². The third-order valence-electron chi connectivity index (χ3n) is 18.3. The first-order chi connectivity index (χ1) is 45.6. The molecule has 9 nitrogen and oxygen atoms in total.